The second kappa shape index (κ2) is 31.0. The predicted molar refractivity (Wildman–Crippen MR) is 359 cm³/mol. The number of carbonyl (C=O) groups excluding carboxylic acids is 2. The van der Waals surface area contributed by atoms with E-state index in [0.717, 1.165) is 41.1 Å². The number of aldehydes is 2. The van der Waals surface area contributed by atoms with Crippen LogP contribution in [0.25, 0.3) is 102 Å². The number of hydrogen-bond donors (Lipinski definition) is 0. The Kier molecular flexibility index (Phi) is 24.2. The molecule has 0 saturated carbocycles. The maximum absolute atomic E-state index is 11.0. The van der Waals surface area contributed by atoms with Gasteiger partial charge in [0.15, 0.2) is 12.6 Å². The standard InChI is InChI=1S/C32H22S4.C16H6O2S4.C8H9O2P.C4H9O.C4H10O.CH3F.K/c1-19-3-7-21(8-4-19)11-13-23-15-29-31(33-23)25-17-28-26(18-27(25)35-29)32-30(36-28)16-24(34-32)14-12-22-9-5-20(2)6-10-22;17-5-7-1-13-15(19-7)9-3-12-10(4-11(9)21-13)16-14(22-12)2-8(6-18)20-16;1-7-2-4-8(5-3-7)6-10-11-9;1-4(2,3)5;1-3-5-4-2;1-2;/h3-18H,1-2H3;1-6H;2-5H,6H2,1H3;1-3H3;3-4H2,1-2H3;1H3;/q;;;-1;;;+1/b13-11+,14-12+;;;;;;/i;;;;;1D;. The van der Waals surface area contributed by atoms with Crippen LogP contribution in [-0.4, -0.2) is 38.5 Å². The van der Waals surface area contributed by atoms with E-state index in [0.29, 0.717) is 6.61 Å². The molecule has 8 heterocycles. The van der Waals surface area contributed by atoms with E-state index < -0.39 is 12.8 Å². The molecule has 13 aromatic rings. The van der Waals surface area contributed by atoms with Gasteiger partial charge in [-0.25, -0.2) is 4.57 Å². The fraction of sp³-hybridized carbons (Fsp3) is 0.200. The van der Waals surface area contributed by atoms with Crippen LogP contribution in [0.2, 0.25) is 0 Å². The number of alkyl halides is 1. The number of benzene rings is 5. The molecule has 0 spiro atoms. The maximum atomic E-state index is 11.0. The van der Waals surface area contributed by atoms with Crippen LogP contribution in [0.1, 0.15) is 98.5 Å². The number of ether oxygens (including phenoxy) is 1. The van der Waals surface area contributed by atoms with Gasteiger partial charge in [-0.2, -0.15) is 0 Å². The molecule has 0 atom stereocenters. The van der Waals surface area contributed by atoms with Crippen molar-refractivity contribution < 1.29 is 85.7 Å². The molecule has 0 radical (unpaired) electrons. The minimum Gasteiger partial charge on any atom is -0.850 e. The average Bonchev–Trinajstić information content (AvgIpc) is 2.11. The van der Waals surface area contributed by atoms with Crippen molar-refractivity contribution in [3.8, 4) is 0 Å². The van der Waals surface area contributed by atoms with Crippen molar-refractivity contribution in [2.24, 2.45) is 0 Å². The third kappa shape index (κ3) is 17.2. The van der Waals surface area contributed by atoms with E-state index in [9.17, 15) is 23.7 Å². The number of rotatable bonds is 11. The first-order valence-corrected chi connectivity index (χ1v) is 33.0. The smallest absolute Gasteiger partial charge is 0.850 e. The summed E-state index contributed by atoms with van der Waals surface area (Å²) >= 11 is 14.2. The summed E-state index contributed by atoms with van der Waals surface area (Å²) < 4.78 is 50.6. The molecule has 0 saturated heterocycles. The molecule has 5 aromatic carbocycles. The minimum absolute atomic E-state index is 0. The fourth-order valence-corrected chi connectivity index (χ4v) is 18.1. The molecule has 0 amide bonds. The van der Waals surface area contributed by atoms with Gasteiger partial charge in [0.25, 0.3) is 0 Å². The summed E-state index contributed by atoms with van der Waals surface area (Å²) in [5.41, 5.74) is 6.59. The predicted octanol–water partition coefficient (Wildman–Crippen LogP) is 19.2. The summed E-state index contributed by atoms with van der Waals surface area (Å²) in [6.45, 7) is 17.3. The van der Waals surface area contributed by atoms with E-state index in [2.05, 4.69) is 128 Å². The molecule has 6 nitrogen and oxygen atoms in total. The van der Waals surface area contributed by atoms with E-state index in [-0.39, 0.29) is 60.1 Å². The first-order chi connectivity index (χ1) is 39.5. The molecule has 0 aliphatic heterocycles. The number of halogens is 1. The molecule has 0 aliphatic carbocycles. The van der Waals surface area contributed by atoms with Crippen molar-refractivity contribution in [2.75, 3.05) is 20.4 Å². The number of fused-ring (bicyclic) bond motifs is 12. The number of carbonyl (C=O) groups is 2. The fourth-order valence-electron chi connectivity index (χ4n) is 8.25. The Bertz CT molecular complexity index is 4070. The Hall–Kier alpha value is -3.85. The van der Waals surface area contributed by atoms with Crippen LogP contribution >= 0.6 is 99.4 Å². The van der Waals surface area contributed by atoms with Crippen LogP contribution in [0.15, 0.2) is 121 Å². The summed E-state index contributed by atoms with van der Waals surface area (Å²) in [5.74, 6) is 0. The minimum atomic E-state index is -1.00. The van der Waals surface area contributed by atoms with Gasteiger partial charge in [-0.3, -0.25) is 18.5 Å². The van der Waals surface area contributed by atoms with E-state index in [1.165, 1.54) is 116 Å². The van der Waals surface area contributed by atoms with Crippen molar-refractivity contribution in [1.29, 1.82) is 0 Å². The van der Waals surface area contributed by atoms with Crippen LogP contribution in [-0.2, 0) is 20.4 Å². The summed E-state index contributed by atoms with van der Waals surface area (Å²) in [4.78, 5) is 26.1. The third-order valence-electron chi connectivity index (χ3n) is 12.0. The zero-order valence-electron chi connectivity index (χ0n) is 47.9. The van der Waals surface area contributed by atoms with Crippen molar-refractivity contribution in [3.63, 3.8) is 0 Å². The van der Waals surface area contributed by atoms with Crippen molar-refractivity contribution in [1.82, 2.24) is 0 Å². The SMILES string of the molecule is CC(C)(C)[O-].CCOCC.Cc1ccc(/C=C/c2cc3sc4cc5c(cc4c3s2)sc2cc(/C=C/c3ccc(C)cc3)sc25)cc1.Cc1ccc(COP=O)cc1.O=Cc1cc2sc3cc4c(cc3c2s1)sc1cc(C=O)sc14.[2H]CF.[K+]. The molecule has 17 heteroatoms. The van der Waals surface area contributed by atoms with Gasteiger partial charge < -0.3 is 9.84 Å². The van der Waals surface area contributed by atoms with E-state index >= 15 is 0 Å². The molecular weight excluding hydrogens is 1220 g/mol. The average molecular weight is 1280 g/mol. The molecule has 13 rings (SSSR count). The summed E-state index contributed by atoms with van der Waals surface area (Å²) in [6, 6.07) is 43.2. The zero-order chi connectivity index (χ0) is 58.5. The van der Waals surface area contributed by atoms with E-state index in [1.807, 2.05) is 103 Å². The second-order valence-corrected chi connectivity index (χ2v) is 28.5. The number of hydrogen-bond acceptors (Lipinski definition) is 14. The van der Waals surface area contributed by atoms with Crippen LogP contribution in [0.5, 0.6) is 0 Å². The molecule has 0 unspecified atom stereocenters. The topological polar surface area (TPSA) is 92.7 Å². The van der Waals surface area contributed by atoms with Gasteiger partial charge in [0, 0.05) is 82.1 Å². The van der Waals surface area contributed by atoms with E-state index in [1.54, 1.807) is 66.1 Å². The molecular formula is C65H59FKO6PS8. The van der Waals surface area contributed by atoms with Crippen LogP contribution in [0, 0.1) is 20.8 Å². The Morgan fingerprint density at radius 2 is 0.793 bits per heavy atom. The molecule has 82 heavy (non-hydrogen) atoms. The molecule has 8 aromatic heterocycles. The molecule has 416 valence electrons. The normalized spacial score (nSPS) is 11.6. The van der Waals surface area contributed by atoms with Gasteiger partial charge in [0.2, 0.25) is 0 Å². The maximum Gasteiger partial charge on any atom is 1.00 e. The Morgan fingerprint density at radius 3 is 1.07 bits per heavy atom. The monoisotopic (exact) mass is 1280 g/mol. The first kappa shape index (κ1) is 64.2. The van der Waals surface area contributed by atoms with Crippen LogP contribution in [0.4, 0.5) is 4.39 Å². The van der Waals surface area contributed by atoms with Crippen molar-refractivity contribution in [2.45, 2.75) is 67.6 Å². The summed E-state index contributed by atoms with van der Waals surface area (Å²) in [7, 11) is -1.26. The Labute approximate surface area is 555 Å². The van der Waals surface area contributed by atoms with Crippen molar-refractivity contribution >= 4 is 214 Å². The number of aryl methyl sites for hydroxylation is 3. The molecule has 0 fully saturated rings. The number of thiophene rings is 8. The summed E-state index contributed by atoms with van der Waals surface area (Å²) in [6.07, 6.45) is 10.8. The van der Waals surface area contributed by atoms with Gasteiger partial charge in [0.05, 0.1) is 43.7 Å². The van der Waals surface area contributed by atoms with Gasteiger partial charge in [-0.1, -0.05) is 122 Å². The quantitative estimate of drug-likeness (QED) is 0.0728. The molecule has 0 bridgehead atoms. The van der Waals surface area contributed by atoms with Gasteiger partial charge >= 0.3 is 60.1 Å². The van der Waals surface area contributed by atoms with Crippen LogP contribution in [0.3, 0.4) is 0 Å². The zero-order valence-corrected chi connectivity index (χ0v) is 57.4. The van der Waals surface area contributed by atoms with Gasteiger partial charge in [-0.15, -0.1) is 96.3 Å². The van der Waals surface area contributed by atoms with Crippen LogP contribution < -0.4 is 56.5 Å². The second-order valence-electron chi connectivity index (χ2n) is 19.4. The Morgan fingerprint density at radius 1 is 0.500 bits per heavy atom. The van der Waals surface area contributed by atoms with Gasteiger partial charge in [-0.05, 0) is 112 Å². The molecule has 0 N–H and O–H groups in total. The largest absolute Gasteiger partial charge is 1.00 e. The first-order valence-electron chi connectivity index (χ1n) is 26.4. The Balaban J connectivity index is 0.000000178. The molecule has 0 aliphatic rings. The van der Waals surface area contributed by atoms with Gasteiger partial charge in [0.1, 0.15) is 0 Å². The summed E-state index contributed by atoms with van der Waals surface area (Å²) in [5, 5.41) is 15.4. The van der Waals surface area contributed by atoms with Crippen molar-refractivity contribution in [3.05, 3.63) is 174 Å². The third-order valence-corrected chi connectivity index (χ3v) is 21.6. The van der Waals surface area contributed by atoms with E-state index in [4.69, 9.17) is 6.11 Å².